The molecule has 0 aromatic rings. The van der Waals surface area contributed by atoms with Gasteiger partial charge in [0.2, 0.25) is 12.3 Å². The zero-order chi connectivity index (χ0) is 28.5. The summed E-state index contributed by atoms with van der Waals surface area (Å²) >= 11 is 0. The molecule has 0 rings (SSSR count). The van der Waals surface area contributed by atoms with Crippen molar-refractivity contribution >= 4 is 18.3 Å². The maximum Gasteiger partial charge on any atom is 0.303 e. The SMILES string of the molecule is O=CNCCOCCOCCOCCOCCOCCOCCC(=O)NCCCCCCCCCCC(=O)O. The van der Waals surface area contributed by atoms with Gasteiger partial charge in [-0.3, -0.25) is 14.4 Å². The molecule has 12 nitrogen and oxygen atoms in total. The van der Waals surface area contributed by atoms with E-state index in [2.05, 4.69) is 10.6 Å². The van der Waals surface area contributed by atoms with E-state index >= 15 is 0 Å². The van der Waals surface area contributed by atoms with Crippen molar-refractivity contribution in [2.75, 3.05) is 92.4 Å². The maximum atomic E-state index is 11.8. The second kappa shape index (κ2) is 32.4. The Labute approximate surface area is 233 Å². The number of aliphatic carboxylic acids is 1. The van der Waals surface area contributed by atoms with Gasteiger partial charge in [0.25, 0.3) is 0 Å². The van der Waals surface area contributed by atoms with Crippen molar-refractivity contribution in [2.24, 2.45) is 0 Å². The summed E-state index contributed by atoms with van der Waals surface area (Å²) in [6, 6.07) is 0. The summed E-state index contributed by atoms with van der Waals surface area (Å²) in [4.78, 5) is 32.3. The molecule has 0 radical (unpaired) electrons. The first-order valence-electron chi connectivity index (χ1n) is 14.3. The first-order chi connectivity index (χ1) is 19.2. The monoisotopic (exact) mass is 564 g/mol. The molecule has 0 aliphatic heterocycles. The second-order valence-corrected chi connectivity index (χ2v) is 8.82. The quantitative estimate of drug-likeness (QED) is 0.0797. The van der Waals surface area contributed by atoms with E-state index in [1.807, 2.05) is 0 Å². The Hall–Kier alpha value is -1.83. The average molecular weight is 565 g/mol. The van der Waals surface area contributed by atoms with Crippen LogP contribution in [-0.4, -0.2) is 116 Å². The number of hydrogen-bond acceptors (Lipinski definition) is 9. The molecule has 0 saturated carbocycles. The highest BCUT2D eigenvalue weighted by Gasteiger charge is 2.01. The van der Waals surface area contributed by atoms with Gasteiger partial charge >= 0.3 is 5.97 Å². The van der Waals surface area contributed by atoms with E-state index in [4.69, 9.17) is 33.5 Å². The van der Waals surface area contributed by atoms with Crippen molar-refractivity contribution in [3.05, 3.63) is 0 Å². The molecular formula is C27H52N2O10. The number of carbonyl (C=O) groups excluding carboxylic acids is 2. The summed E-state index contributed by atoms with van der Waals surface area (Å²) in [6.45, 7) is 6.78. The Morgan fingerprint density at radius 1 is 0.513 bits per heavy atom. The Kier molecular flexibility index (Phi) is 30.9. The molecule has 0 fully saturated rings. The van der Waals surface area contributed by atoms with Gasteiger partial charge < -0.3 is 44.2 Å². The minimum atomic E-state index is -0.713. The van der Waals surface area contributed by atoms with Crippen LogP contribution in [0.25, 0.3) is 0 Å². The van der Waals surface area contributed by atoms with Crippen molar-refractivity contribution in [3.63, 3.8) is 0 Å². The maximum absolute atomic E-state index is 11.8. The predicted molar refractivity (Wildman–Crippen MR) is 146 cm³/mol. The van der Waals surface area contributed by atoms with Crippen molar-refractivity contribution in [3.8, 4) is 0 Å². The number of carboxylic acid groups (broad SMARTS) is 1. The minimum Gasteiger partial charge on any atom is -0.481 e. The number of nitrogens with one attached hydrogen (secondary N) is 2. The second-order valence-electron chi connectivity index (χ2n) is 8.82. The smallest absolute Gasteiger partial charge is 0.303 e. The van der Waals surface area contributed by atoms with Crippen LogP contribution >= 0.6 is 0 Å². The third kappa shape index (κ3) is 34.1. The van der Waals surface area contributed by atoms with Crippen LogP contribution < -0.4 is 10.6 Å². The van der Waals surface area contributed by atoms with Crippen LogP contribution in [0.15, 0.2) is 0 Å². The molecule has 12 heteroatoms. The molecule has 0 saturated heterocycles. The van der Waals surface area contributed by atoms with Crippen LogP contribution in [0, 0.1) is 0 Å². The largest absolute Gasteiger partial charge is 0.481 e. The van der Waals surface area contributed by atoms with Crippen molar-refractivity contribution < 1.29 is 47.9 Å². The van der Waals surface area contributed by atoms with Gasteiger partial charge in [-0.2, -0.15) is 0 Å². The summed E-state index contributed by atoms with van der Waals surface area (Å²) in [6.07, 6.45) is 9.64. The fourth-order valence-corrected chi connectivity index (χ4v) is 3.33. The number of unbranched alkanes of at least 4 members (excludes halogenated alkanes) is 7. The summed E-state index contributed by atoms with van der Waals surface area (Å²) in [5, 5.41) is 14.0. The molecule has 230 valence electrons. The number of hydrogen-bond donors (Lipinski definition) is 3. The van der Waals surface area contributed by atoms with Gasteiger partial charge in [-0.25, -0.2) is 0 Å². The van der Waals surface area contributed by atoms with E-state index in [9.17, 15) is 14.4 Å². The van der Waals surface area contributed by atoms with Gasteiger partial charge in [0, 0.05) is 25.9 Å². The van der Waals surface area contributed by atoms with Gasteiger partial charge in [0.1, 0.15) is 0 Å². The van der Waals surface area contributed by atoms with Crippen LogP contribution in [0.1, 0.15) is 64.2 Å². The average Bonchev–Trinajstić information content (AvgIpc) is 2.92. The van der Waals surface area contributed by atoms with E-state index in [-0.39, 0.29) is 12.3 Å². The van der Waals surface area contributed by atoms with E-state index in [0.717, 1.165) is 51.4 Å². The number of carbonyl (C=O) groups is 3. The molecule has 0 heterocycles. The Morgan fingerprint density at radius 2 is 0.923 bits per heavy atom. The van der Waals surface area contributed by atoms with Gasteiger partial charge in [0.15, 0.2) is 0 Å². The zero-order valence-electron chi connectivity index (χ0n) is 23.7. The molecular weight excluding hydrogens is 512 g/mol. The number of ether oxygens (including phenoxy) is 6. The van der Waals surface area contributed by atoms with Gasteiger partial charge in [-0.05, 0) is 12.8 Å². The topological polar surface area (TPSA) is 151 Å². The summed E-state index contributed by atoms with van der Waals surface area (Å²) in [5.74, 6) is -0.708. The first kappa shape index (κ1) is 37.2. The van der Waals surface area contributed by atoms with Gasteiger partial charge in [-0.15, -0.1) is 0 Å². The lowest BCUT2D eigenvalue weighted by Crippen LogP contribution is -2.25. The molecule has 0 aromatic heterocycles. The highest BCUT2D eigenvalue weighted by atomic mass is 16.6. The summed E-state index contributed by atoms with van der Waals surface area (Å²) in [7, 11) is 0. The van der Waals surface area contributed by atoms with Crippen LogP contribution in [0.2, 0.25) is 0 Å². The Morgan fingerprint density at radius 3 is 1.38 bits per heavy atom. The molecule has 3 N–H and O–H groups in total. The van der Waals surface area contributed by atoms with E-state index in [1.54, 1.807) is 0 Å². The molecule has 0 unspecified atom stereocenters. The summed E-state index contributed by atoms with van der Waals surface area (Å²) in [5.41, 5.74) is 0. The standard InChI is InChI=1S/C27H52N2O10/c30-25-28-12-14-35-16-18-37-20-22-39-24-23-38-21-19-36-17-15-34-13-10-26(31)29-11-8-6-4-2-1-3-5-7-9-27(32)33/h25H,1-24H2,(H,28,30)(H,29,31)(H,32,33). The molecule has 0 aliphatic rings. The molecule has 39 heavy (non-hydrogen) atoms. The van der Waals surface area contributed by atoms with Gasteiger partial charge in [-0.1, -0.05) is 38.5 Å². The molecule has 0 aromatic carbocycles. The van der Waals surface area contributed by atoms with E-state index < -0.39 is 5.97 Å². The highest BCUT2D eigenvalue weighted by Crippen LogP contribution is 2.09. The Balaban J connectivity index is 3.15. The molecule has 0 spiro atoms. The first-order valence-corrected chi connectivity index (χ1v) is 14.3. The number of carboxylic acids is 1. The summed E-state index contributed by atoms with van der Waals surface area (Å²) < 4.78 is 32.3. The van der Waals surface area contributed by atoms with Crippen LogP contribution in [-0.2, 0) is 42.8 Å². The minimum absolute atomic E-state index is 0.00530. The van der Waals surface area contributed by atoms with E-state index in [1.165, 1.54) is 0 Å². The Bertz CT molecular complexity index is 555. The molecule has 0 atom stereocenters. The third-order valence-electron chi connectivity index (χ3n) is 5.45. The number of rotatable bonds is 33. The molecule has 0 aliphatic carbocycles. The third-order valence-corrected chi connectivity index (χ3v) is 5.45. The highest BCUT2D eigenvalue weighted by molar-refractivity contribution is 5.75. The normalized spacial score (nSPS) is 11.0. The lowest BCUT2D eigenvalue weighted by atomic mass is 10.1. The molecule has 0 bridgehead atoms. The molecule has 2 amide bonds. The predicted octanol–water partition coefficient (Wildman–Crippen LogP) is 1.93. The fourth-order valence-electron chi connectivity index (χ4n) is 3.33. The van der Waals surface area contributed by atoms with E-state index in [0.29, 0.717) is 105 Å². The number of amides is 2. The van der Waals surface area contributed by atoms with Crippen LogP contribution in [0.3, 0.4) is 0 Å². The van der Waals surface area contributed by atoms with Crippen LogP contribution in [0.5, 0.6) is 0 Å². The van der Waals surface area contributed by atoms with Crippen molar-refractivity contribution in [1.29, 1.82) is 0 Å². The lowest BCUT2D eigenvalue weighted by molar-refractivity contribution is -0.137. The van der Waals surface area contributed by atoms with Crippen molar-refractivity contribution in [1.82, 2.24) is 10.6 Å². The van der Waals surface area contributed by atoms with Crippen LogP contribution in [0.4, 0.5) is 0 Å². The van der Waals surface area contributed by atoms with Crippen molar-refractivity contribution in [2.45, 2.75) is 64.2 Å². The zero-order valence-corrected chi connectivity index (χ0v) is 23.7. The fraction of sp³-hybridized carbons (Fsp3) is 0.889. The van der Waals surface area contributed by atoms with Gasteiger partial charge in [0.05, 0.1) is 79.3 Å². The lowest BCUT2D eigenvalue weighted by Gasteiger charge is -2.08.